The van der Waals surface area contributed by atoms with Gasteiger partial charge in [0.25, 0.3) is 0 Å². The van der Waals surface area contributed by atoms with Crippen molar-refractivity contribution in [2.24, 2.45) is 11.7 Å². The Balaban J connectivity index is 2.08. The second-order valence-electron chi connectivity index (χ2n) is 9.25. The molecule has 224 valence electrons. The average molecular weight is 576 g/mol. The van der Waals surface area contributed by atoms with E-state index in [0.717, 1.165) is 6.08 Å². The van der Waals surface area contributed by atoms with Gasteiger partial charge >= 0.3 is 12.1 Å². The standard InChI is InChI=1S/C27H37N5O9/c1-2-40-23(35)11-8-19(14-18-12-13-29-24(18)36)30-25(37)20(9-10-22(28)34)31-26(38)21(15-33)32-27(39)41-16-17-6-4-3-5-7-17/h3-8,11,18-21,33H,2,9-10,12-16H2,1H3,(H2,28,34)(H,29,36)(H,30,37)(H,31,38)(H,32,39)/t18-,19+,20-,21-/m0/s1. The molecule has 1 aliphatic heterocycles. The number of esters is 1. The second kappa shape index (κ2) is 17.3. The van der Waals surface area contributed by atoms with Gasteiger partial charge in [-0.1, -0.05) is 36.4 Å². The molecule has 0 aliphatic carbocycles. The molecule has 1 aliphatic rings. The average Bonchev–Trinajstić information content (AvgIpc) is 3.35. The van der Waals surface area contributed by atoms with Gasteiger partial charge < -0.3 is 41.6 Å². The first kappa shape index (κ1) is 32.8. The molecule has 7 N–H and O–H groups in total. The van der Waals surface area contributed by atoms with Gasteiger partial charge in [0.05, 0.1) is 13.2 Å². The van der Waals surface area contributed by atoms with Crippen LogP contribution in [0.15, 0.2) is 42.5 Å². The lowest BCUT2D eigenvalue weighted by atomic mass is 9.97. The zero-order valence-electron chi connectivity index (χ0n) is 22.8. The zero-order valence-corrected chi connectivity index (χ0v) is 22.8. The molecule has 14 nitrogen and oxygen atoms in total. The number of hydrogen-bond donors (Lipinski definition) is 6. The molecule has 1 aromatic rings. The highest BCUT2D eigenvalue weighted by molar-refractivity contribution is 5.92. The maximum atomic E-state index is 13.2. The Hall–Kier alpha value is -4.46. The number of carbonyl (C=O) groups excluding carboxylic acids is 6. The van der Waals surface area contributed by atoms with E-state index in [1.165, 1.54) is 6.08 Å². The normalized spacial score (nSPS) is 16.6. The molecule has 5 amide bonds. The lowest BCUT2D eigenvalue weighted by Gasteiger charge is -2.24. The van der Waals surface area contributed by atoms with Gasteiger partial charge in [0.15, 0.2) is 0 Å². The Morgan fingerprint density at radius 2 is 1.78 bits per heavy atom. The van der Waals surface area contributed by atoms with Crippen molar-refractivity contribution in [2.45, 2.75) is 57.3 Å². The van der Waals surface area contributed by atoms with Gasteiger partial charge in [-0.05, 0) is 31.7 Å². The summed E-state index contributed by atoms with van der Waals surface area (Å²) in [5.74, 6) is -3.63. The summed E-state index contributed by atoms with van der Waals surface area (Å²) in [6.07, 6.45) is 1.79. The van der Waals surface area contributed by atoms with E-state index in [-0.39, 0.29) is 38.4 Å². The Morgan fingerprint density at radius 3 is 2.39 bits per heavy atom. The number of alkyl carbamates (subject to hydrolysis) is 1. The number of ether oxygens (including phenoxy) is 2. The summed E-state index contributed by atoms with van der Waals surface area (Å²) < 4.78 is 9.94. The molecule has 0 spiro atoms. The molecule has 4 atom stereocenters. The molecule has 2 rings (SSSR count). The fourth-order valence-corrected chi connectivity index (χ4v) is 3.96. The molecule has 0 bridgehead atoms. The third kappa shape index (κ3) is 12.1. The van der Waals surface area contributed by atoms with Gasteiger partial charge in [-0.15, -0.1) is 0 Å². The van der Waals surface area contributed by atoms with Crippen LogP contribution in [-0.4, -0.2) is 78.7 Å². The monoisotopic (exact) mass is 575 g/mol. The van der Waals surface area contributed by atoms with Crippen LogP contribution in [0, 0.1) is 5.92 Å². The van der Waals surface area contributed by atoms with Gasteiger partial charge in [0, 0.05) is 31.0 Å². The number of rotatable bonds is 16. The number of aliphatic hydroxyl groups excluding tert-OH is 1. The van der Waals surface area contributed by atoms with Gasteiger partial charge in [0.1, 0.15) is 18.7 Å². The van der Waals surface area contributed by atoms with Crippen molar-refractivity contribution in [1.82, 2.24) is 21.3 Å². The highest BCUT2D eigenvalue weighted by atomic mass is 16.5. The van der Waals surface area contributed by atoms with Crippen LogP contribution in [0.3, 0.4) is 0 Å². The van der Waals surface area contributed by atoms with Crippen molar-refractivity contribution >= 4 is 35.7 Å². The summed E-state index contributed by atoms with van der Waals surface area (Å²) in [4.78, 5) is 73.6. The minimum atomic E-state index is -1.47. The first-order valence-corrected chi connectivity index (χ1v) is 13.2. The van der Waals surface area contributed by atoms with Crippen molar-refractivity contribution in [1.29, 1.82) is 0 Å². The largest absolute Gasteiger partial charge is 0.463 e. The van der Waals surface area contributed by atoms with Gasteiger partial charge in [-0.3, -0.25) is 19.2 Å². The van der Waals surface area contributed by atoms with Crippen LogP contribution < -0.4 is 27.0 Å². The molecule has 1 saturated heterocycles. The SMILES string of the molecule is CCOC(=O)C=C[C@H](C[C@@H]1CCNC1=O)NC(=O)[C@H](CCC(N)=O)NC(=O)[C@H](CO)NC(=O)OCc1ccccc1. The van der Waals surface area contributed by atoms with Gasteiger partial charge in [0.2, 0.25) is 23.6 Å². The molecule has 0 saturated carbocycles. The quantitative estimate of drug-likeness (QED) is 0.107. The molecule has 0 radical (unpaired) electrons. The number of aliphatic hydroxyl groups is 1. The number of amides is 5. The first-order chi connectivity index (χ1) is 19.6. The fourth-order valence-electron chi connectivity index (χ4n) is 3.96. The van der Waals surface area contributed by atoms with Crippen molar-refractivity contribution < 1.29 is 43.3 Å². The summed E-state index contributed by atoms with van der Waals surface area (Å²) in [5, 5.41) is 19.7. The molecule has 0 unspecified atom stereocenters. The Bertz CT molecular complexity index is 1100. The summed E-state index contributed by atoms with van der Waals surface area (Å²) >= 11 is 0. The predicted octanol–water partition coefficient (Wildman–Crippen LogP) is -0.846. The molecular formula is C27H37N5O9. The Kier molecular flexibility index (Phi) is 13.8. The highest BCUT2D eigenvalue weighted by Gasteiger charge is 2.31. The van der Waals surface area contributed by atoms with E-state index >= 15 is 0 Å². The van der Waals surface area contributed by atoms with Crippen LogP contribution in [0.4, 0.5) is 4.79 Å². The van der Waals surface area contributed by atoms with Crippen LogP contribution in [0.1, 0.15) is 38.2 Å². The molecule has 41 heavy (non-hydrogen) atoms. The lowest BCUT2D eigenvalue weighted by molar-refractivity contribution is -0.137. The van der Waals surface area contributed by atoms with Crippen LogP contribution in [0.5, 0.6) is 0 Å². The van der Waals surface area contributed by atoms with Gasteiger partial charge in [-0.25, -0.2) is 9.59 Å². The van der Waals surface area contributed by atoms with E-state index in [9.17, 15) is 33.9 Å². The van der Waals surface area contributed by atoms with Crippen LogP contribution in [0.25, 0.3) is 0 Å². The third-order valence-electron chi connectivity index (χ3n) is 6.10. The smallest absolute Gasteiger partial charge is 0.408 e. The van der Waals surface area contributed by atoms with Gasteiger partial charge in [-0.2, -0.15) is 0 Å². The van der Waals surface area contributed by atoms with E-state index in [1.54, 1.807) is 37.3 Å². The summed E-state index contributed by atoms with van der Waals surface area (Å²) in [6, 6.07) is 5.22. The van der Waals surface area contributed by atoms with E-state index < -0.39 is 60.4 Å². The molecule has 1 aromatic carbocycles. The summed E-state index contributed by atoms with van der Waals surface area (Å²) in [6.45, 7) is 1.38. The first-order valence-electron chi connectivity index (χ1n) is 13.2. The number of carbonyl (C=O) groups is 6. The minimum Gasteiger partial charge on any atom is -0.463 e. The molecule has 1 heterocycles. The zero-order chi connectivity index (χ0) is 30.2. The topological polar surface area (TPSA) is 215 Å². The van der Waals surface area contributed by atoms with Crippen molar-refractivity contribution in [3.05, 3.63) is 48.0 Å². The van der Waals surface area contributed by atoms with E-state index in [0.29, 0.717) is 18.5 Å². The summed E-state index contributed by atoms with van der Waals surface area (Å²) in [5.41, 5.74) is 5.94. The summed E-state index contributed by atoms with van der Waals surface area (Å²) in [7, 11) is 0. The highest BCUT2D eigenvalue weighted by Crippen LogP contribution is 2.17. The minimum absolute atomic E-state index is 0.0736. The Labute approximate surface area is 237 Å². The van der Waals surface area contributed by atoms with Crippen molar-refractivity contribution in [2.75, 3.05) is 19.8 Å². The number of primary amides is 1. The third-order valence-corrected chi connectivity index (χ3v) is 6.10. The number of nitrogens with two attached hydrogens (primary N) is 1. The molecular weight excluding hydrogens is 538 g/mol. The van der Waals surface area contributed by atoms with Crippen LogP contribution in [0.2, 0.25) is 0 Å². The maximum Gasteiger partial charge on any atom is 0.408 e. The number of nitrogens with one attached hydrogen (secondary N) is 4. The van der Waals surface area contributed by atoms with Crippen LogP contribution >= 0.6 is 0 Å². The second-order valence-corrected chi connectivity index (χ2v) is 9.25. The van der Waals surface area contributed by atoms with E-state index in [2.05, 4.69) is 21.3 Å². The molecule has 14 heteroatoms. The van der Waals surface area contributed by atoms with Crippen molar-refractivity contribution in [3.8, 4) is 0 Å². The van der Waals surface area contributed by atoms with E-state index in [1.807, 2.05) is 0 Å². The van der Waals surface area contributed by atoms with Crippen molar-refractivity contribution in [3.63, 3.8) is 0 Å². The lowest BCUT2D eigenvalue weighted by Crippen LogP contribution is -2.56. The molecule has 0 aromatic heterocycles. The number of hydrogen-bond acceptors (Lipinski definition) is 9. The van der Waals surface area contributed by atoms with Crippen LogP contribution in [-0.2, 0) is 40.1 Å². The number of benzene rings is 1. The Morgan fingerprint density at radius 1 is 1.07 bits per heavy atom. The predicted molar refractivity (Wildman–Crippen MR) is 144 cm³/mol. The molecule has 1 fully saturated rings. The maximum absolute atomic E-state index is 13.2. The van der Waals surface area contributed by atoms with E-state index in [4.69, 9.17) is 15.2 Å². The fraction of sp³-hybridized carbons (Fsp3) is 0.481.